The number of hydrogen-bond donors (Lipinski definition) is 1. The molecular weight excluding hydrogens is 404 g/mol. The fourth-order valence-electron chi connectivity index (χ4n) is 3.71. The molecule has 8 heteroatoms. The third-order valence-corrected chi connectivity index (χ3v) is 5.64. The third-order valence-electron chi connectivity index (χ3n) is 5.64. The zero-order valence-electron chi connectivity index (χ0n) is 17.6. The number of anilines is 1. The van der Waals surface area contributed by atoms with Crippen molar-refractivity contribution < 1.29 is 9.53 Å². The number of benzene rings is 1. The van der Waals surface area contributed by atoms with Crippen LogP contribution < -0.4 is 10.1 Å². The number of piperidine rings is 1. The van der Waals surface area contributed by atoms with Crippen LogP contribution in [0.1, 0.15) is 42.7 Å². The van der Waals surface area contributed by atoms with Crippen molar-refractivity contribution in [1.82, 2.24) is 25.1 Å². The van der Waals surface area contributed by atoms with Crippen LogP contribution in [0, 0.1) is 0 Å². The number of carbonyl (C=O) groups is 1. The molecule has 1 aromatic carbocycles. The Morgan fingerprint density at radius 1 is 1.09 bits per heavy atom. The summed E-state index contributed by atoms with van der Waals surface area (Å²) in [4.78, 5) is 22.9. The second kappa shape index (κ2) is 9.13. The third kappa shape index (κ3) is 5.08. The van der Waals surface area contributed by atoms with E-state index < -0.39 is 0 Å². The molecule has 1 N–H and O–H groups in total. The highest BCUT2D eigenvalue weighted by atomic mass is 16.5. The maximum Gasteiger partial charge on any atom is 0.323 e. The lowest BCUT2D eigenvalue weighted by molar-refractivity contribution is 0.207. The van der Waals surface area contributed by atoms with Crippen molar-refractivity contribution in [1.29, 1.82) is 0 Å². The Morgan fingerprint density at radius 2 is 1.91 bits per heavy atom. The van der Waals surface area contributed by atoms with Gasteiger partial charge in [0.1, 0.15) is 5.75 Å². The van der Waals surface area contributed by atoms with Crippen molar-refractivity contribution in [3.05, 3.63) is 71.7 Å². The van der Waals surface area contributed by atoms with Gasteiger partial charge >= 0.3 is 12.0 Å². The average Bonchev–Trinajstić information content (AvgIpc) is 3.67. The molecule has 8 nitrogen and oxygen atoms in total. The molecule has 0 unspecified atom stereocenters. The molecule has 162 valence electrons. The van der Waals surface area contributed by atoms with E-state index in [0.717, 1.165) is 18.4 Å². The minimum atomic E-state index is -0.146. The van der Waals surface area contributed by atoms with Gasteiger partial charge in [0.2, 0.25) is 0 Å². The van der Waals surface area contributed by atoms with E-state index in [9.17, 15) is 4.79 Å². The molecule has 1 saturated carbocycles. The van der Waals surface area contributed by atoms with Gasteiger partial charge in [-0.25, -0.2) is 14.8 Å². The highest BCUT2D eigenvalue weighted by Gasteiger charge is 2.24. The van der Waals surface area contributed by atoms with Crippen molar-refractivity contribution >= 4 is 17.9 Å². The number of carbonyl (C=O) groups excluding carboxylic acids is 1. The molecule has 32 heavy (non-hydrogen) atoms. The largest absolute Gasteiger partial charge is 0.424 e. The van der Waals surface area contributed by atoms with Gasteiger partial charge in [-0.2, -0.15) is 5.10 Å². The van der Waals surface area contributed by atoms with E-state index in [1.807, 2.05) is 36.7 Å². The number of nitrogens with zero attached hydrogens (tertiary/aromatic N) is 5. The van der Waals surface area contributed by atoms with E-state index in [1.165, 1.54) is 24.0 Å². The summed E-state index contributed by atoms with van der Waals surface area (Å²) in [6, 6.07) is 11.6. The van der Waals surface area contributed by atoms with Crippen LogP contribution in [-0.4, -0.2) is 44.2 Å². The van der Waals surface area contributed by atoms with Crippen LogP contribution in [0.2, 0.25) is 0 Å². The van der Waals surface area contributed by atoms with E-state index in [0.29, 0.717) is 36.6 Å². The fourth-order valence-corrected chi connectivity index (χ4v) is 3.71. The molecule has 1 aliphatic heterocycles. The number of amides is 2. The van der Waals surface area contributed by atoms with E-state index >= 15 is 0 Å². The first-order valence-electron chi connectivity index (χ1n) is 10.9. The molecule has 1 saturated heterocycles. The predicted octanol–water partition coefficient (Wildman–Crippen LogP) is 4.65. The summed E-state index contributed by atoms with van der Waals surface area (Å²) in [5.74, 6) is 1.80. The van der Waals surface area contributed by atoms with Gasteiger partial charge < -0.3 is 9.64 Å². The lowest BCUT2D eigenvalue weighted by Crippen LogP contribution is -2.39. The van der Waals surface area contributed by atoms with E-state index in [1.54, 1.807) is 23.2 Å². The van der Waals surface area contributed by atoms with Crippen LogP contribution in [0.15, 0.2) is 60.6 Å². The number of urea groups is 1. The van der Waals surface area contributed by atoms with Gasteiger partial charge in [0, 0.05) is 31.7 Å². The SMILES string of the molecule is O=C(Nc1cccnn1)N1CCC(=Cc2cccc(Oc3ncc(C4CC4)cn3)c2)CC1. The second-order valence-corrected chi connectivity index (χ2v) is 8.08. The van der Waals surface area contributed by atoms with Gasteiger partial charge in [-0.05, 0) is 67.0 Å². The molecule has 2 amide bonds. The van der Waals surface area contributed by atoms with Crippen molar-refractivity contribution in [3.8, 4) is 11.8 Å². The summed E-state index contributed by atoms with van der Waals surface area (Å²) in [6.45, 7) is 1.32. The quantitative estimate of drug-likeness (QED) is 0.636. The number of likely N-dealkylation sites (tertiary alicyclic amines) is 1. The molecule has 3 heterocycles. The maximum atomic E-state index is 12.4. The molecule has 2 fully saturated rings. The Kier molecular flexibility index (Phi) is 5.74. The number of ether oxygens (including phenoxy) is 1. The number of aromatic nitrogens is 4. The zero-order chi connectivity index (χ0) is 21.8. The summed E-state index contributed by atoms with van der Waals surface area (Å²) in [5, 5.41) is 10.5. The van der Waals surface area contributed by atoms with Crippen molar-refractivity contribution in [2.75, 3.05) is 18.4 Å². The van der Waals surface area contributed by atoms with E-state index in [4.69, 9.17) is 4.74 Å². The summed E-state index contributed by atoms with van der Waals surface area (Å²) < 4.78 is 5.84. The molecule has 5 rings (SSSR count). The van der Waals surface area contributed by atoms with Crippen LogP contribution in [0.3, 0.4) is 0 Å². The number of hydrogen-bond acceptors (Lipinski definition) is 6. The zero-order valence-corrected chi connectivity index (χ0v) is 17.6. The average molecular weight is 428 g/mol. The molecule has 0 atom stereocenters. The smallest absolute Gasteiger partial charge is 0.323 e. The Labute approximate surface area is 186 Å². The minimum Gasteiger partial charge on any atom is -0.424 e. The van der Waals surface area contributed by atoms with Crippen LogP contribution in [0.4, 0.5) is 10.6 Å². The number of rotatable bonds is 5. The highest BCUT2D eigenvalue weighted by Crippen LogP contribution is 2.39. The summed E-state index contributed by atoms with van der Waals surface area (Å²) >= 11 is 0. The van der Waals surface area contributed by atoms with Gasteiger partial charge in [0.05, 0.1) is 0 Å². The van der Waals surface area contributed by atoms with Crippen LogP contribution >= 0.6 is 0 Å². The van der Waals surface area contributed by atoms with E-state index in [2.05, 4.69) is 31.6 Å². The summed E-state index contributed by atoms with van der Waals surface area (Å²) in [6.07, 6.45) is 11.6. The fraction of sp³-hybridized carbons (Fsp3) is 0.292. The van der Waals surface area contributed by atoms with Crippen molar-refractivity contribution in [3.63, 3.8) is 0 Å². The first-order valence-corrected chi connectivity index (χ1v) is 10.9. The summed E-state index contributed by atoms with van der Waals surface area (Å²) in [7, 11) is 0. The highest BCUT2D eigenvalue weighted by molar-refractivity contribution is 5.88. The predicted molar refractivity (Wildman–Crippen MR) is 120 cm³/mol. The molecule has 0 spiro atoms. The van der Waals surface area contributed by atoms with Crippen LogP contribution in [-0.2, 0) is 0 Å². The van der Waals surface area contributed by atoms with Gasteiger partial charge in [0.25, 0.3) is 0 Å². The van der Waals surface area contributed by atoms with Gasteiger partial charge in [-0.15, -0.1) is 5.10 Å². The molecule has 0 bridgehead atoms. The second-order valence-electron chi connectivity index (χ2n) is 8.08. The summed E-state index contributed by atoms with van der Waals surface area (Å²) in [5.41, 5.74) is 3.55. The Morgan fingerprint density at radius 3 is 2.62 bits per heavy atom. The number of nitrogens with one attached hydrogen (secondary N) is 1. The van der Waals surface area contributed by atoms with Crippen molar-refractivity contribution in [2.24, 2.45) is 0 Å². The Bertz CT molecular complexity index is 1100. The van der Waals surface area contributed by atoms with Gasteiger partial charge in [-0.3, -0.25) is 5.32 Å². The topological polar surface area (TPSA) is 93.1 Å². The van der Waals surface area contributed by atoms with Crippen LogP contribution in [0.25, 0.3) is 6.08 Å². The molecule has 1 aliphatic carbocycles. The van der Waals surface area contributed by atoms with Crippen molar-refractivity contribution in [2.45, 2.75) is 31.6 Å². The van der Waals surface area contributed by atoms with E-state index in [-0.39, 0.29) is 6.03 Å². The molecule has 2 aromatic heterocycles. The lowest BCUT2D eigenvalue weighted by Gasteiger charge is -2.28. The Balaban J connectivity index is 1.17. The first kappa shape index (κ1) is 20.1. The monoisotopic (exact) mass is 428 g/mol. The maximum absolute atomic E-state index is 12.4. The molecule has 3 aromatic rings. The van der Waals surface area contributed by atoms with Gasteiger partial charge in [0.15, 0.2) is 5.82 Å². The lowest BCUT2D eigenvalue weighted by atomic mass is 10.0. The van der Waals surface area contributed by atoms with Crippen LogP contribution in [0.5, 0.6) is 11.8 Å². The standard InChI is InChI=1S/C24H24N6O2/c31-24(28-22-5-2-10-27-29-22)30-11-8-17(9-12-30)13-18-3-1-4-21(14-18)32-23-25-15-20(16-26-23)19-6-7-19/h1-5,10,13-16,19H,6-9,11-12H2,(H,28,29,31). The van der Waals surface area contributed by atoms with Gasteiger partial charge in [-0.1, -0.05) is 23.8 Å². The minimum absolute atomic E-state index is 0.146. The molecule has 0 radical (unpaired) electrons. The normalized spacial score (nSPS) is 15.9. The first-order chi connectivity index (χ1) is 15.7. The Hall–Kier alpha value is -3.81. The molecular formula is C24H24N6O2. The molecule has 2 aliphatic rings.